The van der Waals surface area contributed by atoms with Crippen LogP contribution in [0.15, 0.2) is 29.4 Å². The van der Waals surface area contributed by atoms with Gasteiger partial charge in [0, 0.05) is 15.8 Å². The third-order valence-electron chi connectivity index (χ3n) is 3.93. The number of thiophene rings is 1. The van der Waals surface area contributed by atoms with Gasteiger partial charge in [-0.3, -0.25) is 4.79 Å². The summed E-state index contributed by atoms with van der Waals surface area (Å²) in [5, 5.41) is 5.76. The molecule has 0 spiro atoms. The Bertz CT molecular complexity index is 707. The Morgan fingerprint density at radius 1 is 1.38 bits per heavy atom. The summed E-state index contributed by atoms with van der Waals surface area (Å²) in [6, 6.07) is 7.77. The van der Waals surface area contributed by atoms with Gasteiger partial charge in [-0.2, -0.15) is 5.10 Å². The van der Waals surface area contributed by atoms with E-state index in [0.717, 1.165) is 35.1 Å². The summed E-state index contributed by atoms with van der Waals surface area (Å²) in [4.78, 5) is 12.8. The number of carbonyl (C=O) groups is 1. The second-order valence-corrected chi connectivity index (χ2v) is 6.86. The Kier molecular flexibility index (Phi) is 4.27. The molecule has 0 aliphatic heterocycles. The Morgan fingerprint density at radius 2 is 2.19 bits per heavy atom. The van der Waals surface area contributed by atoms with Crippen LogP contribution in [-0.2, 0) is 0 Å². The van der Waals surface area contributed by atoms with Gasteiger partial charge >= 0.3 is 0 Å². The van der Waals surface area contributed by atoms with Crippen LogP contribution in [0.25, 0.3) is 10.1 Å². The standard InChI is InChI=1S/C16H17ClN2OS/c1-10-6-2-4-8-12(10)18-19-16(20)15-14(17)11-7-3-5-9-13(11)21-15/h3,5,7,9-10H,2,4,6,8H2,1H3,(H,19,20)/b18-12-/t10-/m1/s1. The van der Waals surface area contributed by atoms with Crippen LogP contribution in [0.3, 0.4) is 0 Å². The summed E-state index contributed by atoms with van der Waals surface area (Å²) >= 11 is 7.71. The van der Waals surface area contributed by atoms with Crippen LogP contribution in [0.4, 0.5) is 0 Å². The fourth-order valence-electron chi connectivity index (χ4n) is 2.67. The van der Waals surface area contributed by atoms with E-state index in [0.29, 0.717) is 15.8 Å². The van der Waals surface area contributed by atoms with E-state index in [1.54, 1.807) is 0 Å². The van der Waals surface area contributed by atoms with Gasteiger partial charge < -0.3 is 0 Å². The van der Waals surface area contributed by atoms with Crippen molar-refractivity contribution in [1.29, 1.82) is 0 Å². The first kappa shape index (κ1) is 14.5. The Morgan fingerprint density at radius 3 is 2.95 bits per heavy atom. The van der Waals surface area contributed by atoms with Gasteiger partial charge in [0.25, 0.3) is 5.91 Å². The number of nitrogens with one attached hydrogen (secondary N) is 1. The molecule has 1 heterocycles. The minimum Gasteiger partial charge on any atom is -0.266 e. The van der Waals surface area contributed by atoms with Gasteiger partial charge in [0.05, 0.1) is 5.02 Å². The number of carbonyl (C=O) groups excluding carboxylic acids is 1. The molecule has 3 nitrogen and oxygen atoms in total. The number of benzene rings is 1. The first-order valence-electron chi connectivity index (χ1n) is 7.20. The molecule has 1 atom stereocenters. The van der Waals surface area contributed by atoms with Crippen LogP contribution in [0, 0.1) is 5.92 Å². The van der Waals surface area contributed by atoms with Crippen molar-refractivity contribution in [3.63, 3.8) is 0 Å². The van der Waals surface area contributed by atoms with Crippen molar-refractivity contribution in [3.8, 4) is 0 Å². The maximum absolute atomic E-state index is 12.3. The molecule has 1 N–H and O–H groups in total. The van der Waals surface area contributed by atoms with Gasteiger partial charge in [0.2, 0.25) is 0 Å². The lowest BCUT2D eigenvalue weighted by Crippen LogP contribution is -2.23. The minimum absolute atomic E-state index is 0.216. The van der Waals surface area contributed by atoms with E-state index in [2.05, 4.69) is 17.5 Å². The lowest BCUT2D eigenvalue weighted by atomic mass is 9.89. The Balaban J connectivity index is 1.81. The largest absolute Gasteiger partial charge is 0.283 e. The van der Waals surface area contributed by atoms with E-state index in [1.165, 1.54) is 17.8 Å². The summed E-state index contributed by atoms with van der Waals surface area (Å²) in [5.74, 6) is 0.239. The van der Waals surface area contributed by atoms with Crippen molar-refractivity contribution in [3.05, 3.63) is 34.2 Å². The van der Waals surface area contributed by atoms with Crippen molar-refractivity contribution >= 4 is 44.6 Å². The molecule has 1 aliphatic carbocycles. The van der Waals surface area contributed by atoms with E-state index in [1.807, 2.05) is 24.3 Å². The fraction of sp³-hybridized carbons (Fsp3) is 0.375. The average Bonchev–Trinajstić information content (AvgIpc) is 2.84. The van der Waals surface area contributed by atoms with Crippen LogP contribution in [0.5, 0.6) is 0 Å². The monoisotopic (exact) mass is 320 g/mol. The van der Waals surface area contributed by atoms with Crippen LogP contribution in [0.1, 0.15) is 42.3 Å². The average molecular weight is 321 g/mol. The quantitative estimate of drug-likeness (QED) is 0.789. The van der Waals surface area contributed by atoms with Crippen molar-refractivity contribution in [2.45, 2.75) is 32.6 Å². The highest BCUT2D eigenvalue weighted by atomic mass is 35.5. The molecule has 1 fully saturated rings. The molecule has 110 valence electrons. The number of hydrazone groups is 1. The SMILES string of the molecule is C[C@@H]1CCCC/C1=N/NC(=O)c1sc2ccccc2c1Cl. The molecule has 0 bridgehead atoms. The molecule has 1 amide bonds. The molecule has 0 radical (unpaired) electrons. The molecule has 0 unspecified atom stereocenters. The van der Waals surface area contributed by atoms with Crippen molar-refractivity contribution < 1.29 is 4.79 Å². The third kappa shape index (κ3) is 2.97. The summed E-state index contributed by atoms with van der Waals surface area (Å²) in [6.07, 6.45) is 4.53. The van der Waals surface area contributed by atoms with Crippen molar-refractivity contribution in [1.82, 2.24) is 5.43 Å². The highest BCUT2D eigenvalue weighted by molar-refractivity contribution is 7.21. The van der Waals surface area contributed by atoms with E-state index < -0.39 is 0 Å². The molecular weight excluding hydrogens is 304 g/mol. The molecular formula is C16H17ClN2OS. The van der Waals surface area contributed by atoms with Gasteiger partial charge in [-0.15, -0.1) is 11.3 Å². The normalized spacial score (nSPS) is 20.9. The van der Waals surface area contributed by atoms with E-state index in [-0.39, 0.29) is 5.91 Å². The molecule has 1 aromatic carbocycles. The van der Waals surface area contributed by atoms with Gasteiger partial charge in [0.1, 0.15) is 4.88 Å². The first-order valence-corrected chi connectivity index (χ1v) is 8.40. The zero-order valence-corrected chi connectivity index (χ0v) is 13.4. The Hall–Kier alpha value is -1.39. The summed E-state index contributed by atoms with van der Waals surface area (Å²) < 4.78 is 1.02. The second kappa shape index (κ2) is 6.16. The maximum atomic E-state index is 12.3. The molecule has 5 heteroatoms. The number of hydrogen-bond donors (Lipinski definition) is 1. The van der Waals surface area contributed by atoms with Crippen molar-refractivity contribution in [2.24, 2.45) is 11.0 Å². The highest BCUT2D eigenvalue weighted by Gasteiger charge is 2.19. The van der Waals surface area contributed by atoms with Crippen LogP contribution < -0.4 is 5.43 Å². The van der Waals surface area contributed by atoms with Crippen LogP contribution >= 0.6 is 22.9 Å². The van der Waals surface area contributed by atoms with Gasteiger partial charge in [-0.05, 0) is 31.2 Å². The molecule has 2 aromatic rings. The molecule has 1 aromatic heterocycles. The summed E-state index contributed by atoms with van der Waals surface area (Å²) in [7, 11) is 0. The maximum Gasteiger partial charge on any atom is 0.283 e. The number of amides is 1. The smallest absolute Gasteiger partial charge is 0.266 e. The lowest BCUT2D eigenvalue weighted by Gasteiger charge is -2.19. The molecule has 3 rings (SSSR count). The fourth-order valence-corrected chi connectivity index (χ4v) is 4.08. The zero-order chi connectivity index (χ0) is 14.8. The number of rotatable bonds is 2. The van der Waals surface area contributed by atoms with Crippen LogP contribution in [-0.4, -0.2) is 11.6 Å². The highest BCUT2D eigenvalue weighted by Crippen LogP contribution is 2.35. The topological polar surface area (TPSA) is 41.5 Å². The predicted molar refractivity (Wildman–Crippen MR) is 89.4 cm³/mol. The second-order valence-electron chi connectivity index (χ2n) is 5.43. The molecule has 1 aliphatic rings. The van der Waals surface area contributed by atoms with E-state index in [4.69, 9.17) is 11.6 Å². The van der Waals surface area contributed by atoms with Crippen LogP contribution in [0.2, 0.25) is 5.02 Å². The molecule has 21 heavy (non-hydrogen) atoms. The minimum atomic E-state index is -0.216. The number of hydrogen-bond acceptors (Lipinski definition) is 3. The number of halogens is 1. The van der Waals surface area contributed by atoms with E-state index >= 15 is 0 Å². The lowest BCUT2D eigenvalue weighted by molar-refractivity contribution is 0.0958. The first-order chi connectivity index (χ1) is 10.2. The Labute approximate surface area is 133 Å². The molecule has 1 saturated carbocycles. The number of fused-ring (bicyclic) bond motifs is 1. The summed E-state index contributed by atoms with van der Waals surface area (Å²) in [6.45, 7) is 2.16. The van der Waals surface area contributed by atoms with Crippen molar-refractivity contribution in [2.75, 3.05) is 0 Å². The third-order valence-corrected chi connectivity index (χ3v) is 5.61. The number of nitrogens with zero attached hydrogens (tertiary/aromatic N) is 1. The predicted octanol–water partition coefficient (Wildman–Crippen LogP) is 4.85. The van der Waals surface area contributed by atoms with Gasteiger partial charge in [-0.1, -0.05) is 43.1 Å². The summed E-state index contributed by atoms with van der Waals surface area (Å²) in [5.41, 5.74) is 3.77. The van der Waals surface area contributed by atoms with Gasteiger partial charge in [-0.25, -0.2) is 5.43 Å². The van der Waals surface area contributed by atoms with E-state index in [9.17, 15) is 4.79 Å². The van der Waals surface area contributed by atoms with Gasteiger partial charge in [0.15, 0.2) is 0 Å². The molecule has 0 saturated heterocycles. The zero-order valence-electron chi connectivity index (χ0n) is 11.9.